The molecule has 1 spiro atoms. The second-order valence-corrected chi connectivity index (χ2v) is 22.9. The largest absolute Gasteiger partial charge is 0.480 e. The molecule has 0 radical (unpaired) electrons. The van der Waals surface area contributed by atoms with Gasteiger partial charge < -0.3 is 19.8 Å². The van der Waals surface area contributed by atoms with Gasteiger partial charge in [-0.25, -0.2) is 9.97 Å². The Morgan fingerprint density at radius 3 is 2.49 bits per heavy atom. The van der Waals surface area contributed by atoms with Crippen LogP contribution in [0.4, 0.5) is 5.69 Å². The van der Waals surface area contributed by atoms with Crippen LogP contribution in [0.5, 0.6) is 5.88 Å². The van der Waals surface area contributed by atoms with Crippen molar-refractivity contribution in [3.8, 4) is 28.3 Å². The maximum absolute atomic E-state index is 13.8. The van der Waals surface area contributed by atoms with Crippen LogP contribution in [0.1, 0.15) is 66.6 Å². The molecule has 5 heterocycles. The number of aromatic nitrogens is 3. The van der Waals surface area contributed by atoms with E-state index in [1.807, 2.05) is 43.3 Å². The molecule has 3 aliphatic rings. The summed E-state index contributed by atoms with van der Waals surface area (Å²) in [6, 6.07) is 13.0. The number of likely N-dealkylation sites (tertiary alicyclic amines) is 1. The number of nitrogens with one attached hydrogen (secondary N) is 2. The van der Waals surface area contributed by atoms with Crippen LogP contribution in [0.15, 0.2) is 48.7 Å². The van der Waals surface area contributed by atoms with Crippen molar-refractivity contribution in [1.82, 2.24) is 30.1 Å². The number of aryl methyl sites for hydroxylation is 1. The van der Waals surface area contributed by atoms with Gasteiger partial charge >= 0.3 is 0 Å². The van der Waals surface area contributed by atoms with Gasteiger partial charge in [0.1, 0.15) is 11.4 Å². The highest BCUT2D eigenvalue weighted by Gasteiger charge is 2.44. The van der Waals surface area contributed by atoms with E-state index in [4.69, 9.17) is 47.3 Å². The highest BCUT2D eigenvalue weighted by molar-refractivity contribution is 6.74. The quantitative estimate of drug-likeness (QED) is 0.144. The van der Waals surface area contributed by atoms with Crippen LogP contribution in [0.2, 0.25) is 28.2 Å². The van der Waals surface area contributed by atoms with Gasteiger partial charge in [-0.3, -0.25) is 24.4 Å². The van der Waals surface area contributed by atoms with Crippen LogP contribution >= 0.6 is 23.2 Å². The van der Waals surface area contributed by atoms with Crippen LogP contribution in [-0.4, -0.2) is 91.3 Å². The fourth-order valence-electron chi connectivity index (χ4n) is 7.93. The highest BCUT2D eigenvalue weighted by Crippen LogP contribution is 2.42. The summed E-state index contributed by atoms with van der Waals surface area (Å²) in [6.45, 7) is 19.5. The van der Waals surface area contributed by atoms with Crippen LogP contribution in [-0.2, 0) is 28.7 Å². The van der Waals surface area contributed by atoms with Gasteiger partial charge in [-0.15, -0.1) is 0 Å². The third-order valence-electron chi connectivity index (χ3n) is 12.3. The number of methoxy groups -OCH3 is 1. The van der Waals surface area contributed by atoms with Crippen molar-refractivity contribution in [3.63, 3.8) is 0 Å². The Morgan fingerprint density at radius 1 is 1.04 bits per heavy atom. The van der Waals surface area contributed by atoms with E-state index in [1.54, 1.807) is 19.4 Å². The molecule has 2 fully saturated rings. The summed E-state index contributed by atoms with van der Waals surface area (Å²) in [5, 5.41) is 6.96. The maximum Gasteiger partial charge on any atom is 0.274 e. The minimum Gasteiger partial charge on any atom is -0.480 e. The monoisotopic (exact) mass is 829 g/mol. The molecule has 2 aromatic heterocycles. The predicted molar refractivity (Wildman–Crippen MR) is 228 cm³/mol. The lowest BCUT2D eigenvalue weighted by molar-refractivity contribution is -0.119. The van der Waals surface area contributed by atoms with E-state index in [2.05, 4.69) is 54.3 Å². The summed E-state index contributed by atoms with van der Waals surface area (Å²) in [4.78, 5) is 44.8. The zero-order chi connectivity index (χ0) is 40.7. The van der Waals surface area contributed by atoms with Crippen molar-refractivity contribution in [3.05, 3.63) is 86.9 Å². The SMILES string of the molecule is COc1nc(-c2cccc(-c3cccc(NC(=O)c4cc(C)c5c(n4)CN(CCO[Si](C)(C)C(C)(C)C)CC5)c3Cl)c2Cl)cnc1CN1CCC2(CNC(=O)C2)C1. The Labute approximate surface area is 347 Å². The molecule has 14 heteroatoms. The molecule has 2 amide bonds. The zero-order valence-electron chi connectivity index (χ0n) is 34.0. The Kier molecular flexibility index (Phi) is 11.9. The first-order valence-corrected chi connectivity index (χ1v) is 23.4. The molecule has 0 saturated carbocycles. The topological polar surface area (TPSA) is 122 Å². The van der Waals surface area contributed by atoms with Crippen LogP contribution < -0.4 is 15.4 Å². The average molecular weight is 831 g/mol. The molecule has 2 saturated heterocycles. The smallest absolute Gasteiger partial charge is 0.274 e. The Balaban J connectivity index is 1.05. The second-order valence-electron chi connectivity index (χ2n) is 17.3. The third-order valence-corrected chi connectivity index (χ3v) is 17.6. The fourth-order valence-corrected chi connectivity index (χ4v) is 9.56. The van der Waals surface area contributed by atoms with Crippen molar-refractivity contribution in [2.24, 2.45) is 5.41 Å². The van der Waals surface area contributed by atoms with Crippen molar-refractivity contribution in [2.75, 3.05) is 51.8 Å². The molecule has 302 valence electrons. The first kappa shape index (κ1) is 41.3. The zero-order valence-corrected chi connectivity index (χ0v) is 36.5. The van der Waals surface area contributed by atoms with Gasteiger partial charge in [0.25, 0.3) is 5.91 Å². The van der Waals surface area contributed by atoms with E-state index in [1.165, 1.54) is 5.56 Å². The van der Waals surface area contributed by atoms with E-state index >= 15 is 0 Å². The molecular weight excluding hydrogens is 778 g/mol. The van der Waals surface area contributed by atoms with Crippen LogP contribution in [0, 0.1) is 12.3 Å². The number of hydrogen-bond donors (Lipinski definition) is 2. The van der Waals surface area contributed by atoms with E-state index in [0.29, 0.717) is 75.8 Å². The third kappa shape index (κ3) is 8.77. The minimum atomic E-state index is -1.83. The number of anilines is 1. The number of amides is 2. The lowest BCUT2D eigenvalue weighted by Gasteiger charge is -2.37. The lowest BCUT2D eigenvalue weighted by Crippen LogP contribution is -2.43. The lowest BCUT2D eigenvalue weighted by atomic mass is 9.86. The number of pyridine rings is 1. The number of nitrogens with zero attached hydrogens (tertiary/aromatic N) is 5. The summed E-state index contributed by atoms with van der Waals surface area (Å²) in [5.74, 6) is 0.213. The standard InChI is InChI=1S/C43H53Cl2N7O4Si/c1-27-20-33(48-35-23-51(16-14-28(27)35)18-19-56-57(6,7)42(2,3)4)40(54)49-32-13-9-11-30(39(32)45)29-10-8-12-31(38(29)44)34-22-46-36(41(50-34)55-5)24-52-17-15-43(26-52)21-37(53)47-25-43/h8-13,20,22H,14-19,21,23-26H2,1-7H3,(H,47,53)(H,49,54). The molecule has 1 atom stereocenters. The molecule has 1 unspecified atom stereocenters. The number of halogens is 2. The van der Waals surface area contributed by atoms with Gasteiger partial charge in [0.2, 0.25) is 11.8 Å². The summed E-state index contributed by atoms with van der Waals surface area (Å²) in [7, 11) is -0.247. The van der Waals surface area contributed by atoms with E-state index in [-0.39, 0.29) is 22.3 Å². The van der Waals surface area contributed by atoms with E-state index in [0.717, 1.165) is 62.5 Å². The van der Waals surface area contributed by atoms with Crippen molar-refractivity contribution in [2.45, 2.75) is 78.2 Å². The Hall–Kier alpha value is -3.91. The molecule has 4 aromatic rings. The molecule has 57 heavy (non-hydrogen) atoms. The number of ether oxygens (including phenoxy) is 1. The van der Waals surface area contributed by atoms with Gasteiger partial charge in [-0.1, -0.05) is 74.3 Å². The molecule has 7 rings (SSSR count). The maximum atomic E-state index is 13.8. The molecule has 11 nitrogen and oxygen atoms in total. The van der Waals surface area contributed by atoms with Crippen molar-refractivity contribution in [1.29, 1.82) is 0 Å². The molecule has 0 aliphatic carbocycles. The normalized spacial score (nSPS) is 18.9. The number of hydrogen-bond acceptors (Lipinski definition) is 9. The first-order chi connectivity index (χ1) is 27.1. The number of rotatable bonds is 11. The molecule has 2 aromatic carbocycles. The number of fused-ring (bicyclic) bond motifs is 1. The second kappa shape index (κ2) is 16.4. The number of carbonyl (C=O) groups is 2. The van der Waals surface area contributed by atoms with Gasteiger partial charge in [0.05, 0.1) is 40.4 Å². The van der Waals surface area contributed by atoms with Gasteiger partial charge in [-0.05, 0) is 67.7 Å². The minimum absolute atomic E-state index is 0.00649. The van der Waals surface area contributed by atoms with Gasteiger partial charge in [0, 0.05) is 74.4 Å². The van der Waals surface area contributed by atoms with Crippen molar-refractivity contribution >= 4 is 49.0 Å². The molecular formula is C43H53Cl2N7O4Si. The summed E-state index contributed by atoms with van der Waals surface area (Å²) < 4.78 is 12.2. The number of benzene rings is 2. The van der Waals surface area contributed by atoms with Crippen molar-refractivity contribution < 1.29 is 18.8 Å². The molecule has 2 N–H and O–H groups in total. The highest BCUT2D eigenvalue weighted by atomic mass is 35.5. The van der Waals surface area contributed by atoms with E-state index in [9.17, 15) is 9.59 Å². The predicted octanol–water partition coefficient (Wildman–Crippen LogP) is 8.17. The van der Waals surface area contributed by atoms with E-state index < -0.39 is 8.32 Å². The van der Waals surface area contributed by atoms with Crippen LogP contribution in [0.25, 0.3) is 22.4 Å². The Bertz CT molecular complexity index is 2200. The fraction of sp³-hybridized carbons (Fsp3) is 0.465. The Morgan fingerprint density at radius 2 is 1.77 bits per heavy atom. The average Bonchev–Trinajstić information content (AvgIpc) is 3.74. The summed E-state index contributed by atoms with van der Waals surface area (Å²) >= 11 is 14.1. The van der Waals surface area contributed by atoms with Gasteiger partial charge in [-0.2, -0.15) is 0 Å². The van der Waals surface area contributed by atoms with Crippen LogP contribution in [0.3, 0.4) is 0 Å². The van der Waals surface area contributed by atoms with Gasteiger partial charge in [0.15, 0.2) is 8.32 Å². The molecule has 0 bridgehead atoms. The first-order valence-electron chi connectivity index (χ1n) is 19.7. The summed E-state index contributed by atoms with van der Waals surface area (Å²) in [6.07, 6.45) is 4.13. The number of carbonyl (C=O) groups excluding carboxylic acids is 2. The summed E-state index contributed by atoms with van der Waals surface area (Å²) in [5.41, 5.74) is 7.28. The molecule has 3 aliphatic heterocycles.